The number of nitrogens with zero attached hydrogens (tertiary/aromatic N) is 4. The SMILES string of the molecule is CC(C)CN1CCc2[nH]cnc2C12CCN(c1nc(CO)cs1)CC2. The Morgan fingerprint density at radius 2 is 2.12 bits per heavy atom. The number of hydrogen-bond acceptors (Lipinski definition) is 6. The number of nitrogens with one attached hydrogen (secondary N) is 1. The summed E-state index contributed by atoms with van der Waals surface area (Å²) >= 11 is 1.63. The number of aliphatic hydroxyl groups is 1. The number of aromatic amines is 1. The molecule has 0 unspecified atom stereocenters. The molecule has 1 spiro atoms. The van der Waals surface area contributed by atoms with Gasteiger partial charge in [-0.2, -0.15) is 0 Å². The fraction of sp³-hybridized carbons (Fsp3) is 0.667. The quantitative estimate of drug-likeness (QED) is 0.875. The second-order valence-electron chi connectivity index (χ2n) is 7.62. The molecule has 0 radical (unpaired) electrons. The van der Waals surface area contributed by atoms with Gasteiger partial charge in [-0.25, -0.2) is 9.97 Å². The topological polar surface area (TPSA) is 68.3 Å². The van der Waals surface area contributed by atoms with Crippen molar-refractivity contribution in [3.63, 3.8) is 0 Å². The van der Waals surface area contributed by atoms with Crippen LogP contribution in [0.2, 0.25) is 0 Å². The van der Waals surface area contributed by atoms with Crippen molar-refractivity contribution in [1.82, 2.24) is 19.9 Å². The van der Waals surface area contributed by atoms with Crippen molar-refractivity contribution in [2.24, 2.45) is 5.92 Å². The Morgan fingerprint density at radius 1 is 1.32 bits per heavy atom. The van der Waals surface area contributed by atoms with Crippen LogP contribution in [0, 0.1) is 5.92 Å². The number of rotatable bonds is 4. The number of hydrogen-bond donors (Lipinski definition) is 2. The highest BCUT2D eigenvalue weighted by atomic mass is 32.1. The van der Waals surface area contributed by atoms with Crippen LogP contribution in [0.25, 0.3) is 0 Å². The van der Waals surface area contributed by atoms with Crippen LogP contribution in [0.4, 0.5) is 5.13 Å². The molecule has 2 aromatic rings. The van der Waals surface area contributed by atoms with E-state index in [0.29, 0.717) is 5.92 Å². The van der Waals surface area contributed by atoms with Gasteiger partial charge in [0.15, 0.2) is 5.13 Å². The molecule has 2 aliphatic rings. The van der Waals surface area contributed by atoms with Crippen molar-refractivity contribution in [3.05, 3.63) is 28.8 Å². The van der Waals surface area contributed by atoms with E-state index in [9.17, 15) is 5.11 Å². The van der Waals surface area contributed by atoms with E-state index < -0.39 is 0 Å². The standard InChI is InChI=1S/C18H27N5OS/c1-13(2)9-23-6-3-15-16(20-12-19-15)18(23)4-7-22(8-5-18)17-21-14(10-24)11-25-17/h11-13,24H,3-10H2,1-2H3,(H,19,20). The van der Waals surface area contributed by atoms with Gasteiger partial charge in [-0.15, -0.1) is 11.3 Å². The lowest BCUT2D eigenvalue weighted by molar-refractivity contribution is 0.0342. The molecule has 1 fully saturated rings. The van der Waals surface area contributed by atoms with E-state index in [4.69, 9.17) is 4.98 Å². The minimum atomic E-state index is 0.0209. The highest BCUT2D eigenvalue weighted by Gasteiger charge is 2.46. The molecule has 1 saturated heterocycles. The van der Waals surface area contributed by atoms with Gasteiger partial charge in [-0.3, -0.25) is 4.90 Å². The van der Waals surface area contributed by atoms with E-state index >= 15 is 0 Å². The zero-order valence-electron chi connectivity index (χ0n) is 15.0. The molecule has 25 heavy (non-hydrogen) atoms. The lowest BCUT2D eigenvalue weighted by atomic mass is 9.78. The first-order chi connectivity index (χ1) is 12.1. The number of piperidine rings is 1. The monoisotopic (exact) mass is 361 g/mol. The summed E-state index contributed by atoms with van der Waals surface area (Å²) < 4.78 is 0. The van der Waals surface area contributed by atoms with Crippen LogP contribution in [-0.2, 0) is 18.6 Å². The molecule has 2 aromatic heterocycles. The van der Waals surface area contributed by atoms with E-state index in [-0.39, 0.29) is 12.1 Å². The van der Waals surface area contributed by atoms with Crippen LogP contribution in [0.15, 0.2) is 11.7 Å². The fourth-order valence-electron chi connectivity index (χ4n) is 4.37. The zero-order valence-corrected chi connectivity index (χ0v) is 15.8. The number of H-pyrrole nitrogens is 1. The smallest absolute Gasteiger partial charge is 0.185 e. The Balaban J connectivity index is 1.58. The Kier molecular flexibility index (Phi) is 4.56. The van der Waals surface area contributed by atoms with Crippen molar-refractivity contribution < 1.29 is 5.11 Å². The number of aromatic nitrogens is 3. The zero-order chi connectivity index (χ0) is 17.4. The summed E-state index contributed by atoms with van der Waals surface area (Å²) in [6.07, 6.45) is 5.09. The number of aliphatic hydroxyl groups excluding tert-OH is 1. The Labute approximate surface area is 152 Å². The van der Waals surface area contributed by atoms with Crippen LogP contribution in [0.1, 0.15) is 43.8 Å². The van der Waals surface area contributed by atoms with E-state index in [1.54, 1.807) is 11.3 Å². The van der Waals surface area contributed by atoms with Crippen molar-refractivity contribution in [1.29, 1.82) is 0 Å². The summed E-state index contributed by atoms with van der Waals surface area (Å²) in [7, 11) is 0. The maximum Gasteiger partial charge on any atom is 0.185 e. The number of imidazole rings is 1. The highest BCUT2D eigenvalue weighted by Crippen LogP contribution is 2.43. The van der Waals surface area contributed by atoms with Crippen molar-refractivity contribution >= 4 is 16.5 Å². The van der Waals surface area contributed by atoms with E-state index in [1.165, 1.54) is 11.4 Å². The van der Waals surface area contributed by atoms with Gasteiger partial charge in [0.25, 0.3) is 0 Å². The lowest BCUT2D eigenvalue weighted by Gasteiger charge is -2.51. The Hall–Kier alpha value is -1.44. The fourth-order valence-corrected chi connectivity index (χ4v) is 5.24. The maximum atomic E-state index is 9.26. The lowest BCUT2D eigenvalue weighted by Crippen LogP contribution is -2.57. The first-order valence-corrected chi connectivity index (χ1v) is 10.1. The van der Waals surface area contributed by atoms with Crippen LogP contribution in [0.5, 0.6) is 0 Å². The summed E-state index contributed by atoms with van der Waals surface area (Å²) in [5.74, 6) is 0.654. The molecule has 0 aliphatic carbocycles. The molecule has 4 rings (SSSR count). The number of fused-ring (bicyclic) bond motifs is 2. The molecule has 0 atom stereocenters. The molecule has 136 valence electrons. The molecule has 2 aliphatic heterocycles. The molecule has 7 heteroatoms. The molecule has 0 amide bonds. The molecule has 0 bridgehead atoms. The van der Waals surface area contributed by atoms with Crippen molar-refractivity contribution in [2.75, 3.05) is 31.1 Å². The van der Waals surface area contributed by atoms with E-state index in [2.05, 4.69) is 33.6 Å². The predicted octanol–water partition coefficient (Wildman–Crippen LogP) is 2.37. The van der Waals surface area contributed by atoms with Gasteiger partial charge >= 0.3 is 0 Å². The van der Waals surface area contributed by atoms with Crippen LogP contribution >= 0.6 is 11.3 Å². The van der Waals surface area contributed by atoms with Gasteiger partial charge in [0.1, 0.15) is 0 Å². The number of thiazole rings is 1. The van der Waals surface area contributed by atoms with Gasteiger partial charge in [-0.1, -0.05) is 13.8 Å². The van der Waals surface area contributed by atoms with Gasteiger partial charge in [0, 0.05) is 43.7 Å². The Bertz CT molecular complexity index is 717. The summed E-state index contributed by atoms with van der Waals surface area (Å²) in [5, 5.41) is 12.2. The van der Waals surface area contributed by atoms with E-state index in [1.807, 2.05) is 11.7 Å². The third-order valence-electron chi connectivity index (χ3n) is 5.54. The third-order valence-corrected chi connectivity index (χ3v) is 6.49. The van der Waals surface area contributed by atoms with Crippen LogP contribution < -0.4 is 4.90 Å². The maximum absolute atomic E-state index is 9.26. The average Bonchev–Trinajstić information content (AvgIpc) is 3.27. The van der Waals surface area contributed by atoms with Gasteiger partial charge in [0.05, 0.1) is 29.9 Å². The second kappa shape index (κ2) is 6.70. The third kappa shape index (κ3) is 2.98. The molecule has 0 saturated carbocycles. The van der Waals surface area contributed by atoms with Gasteiger partial charge < -0.3 is 15.0 Å². The normalized spacial score (nSPS) is 20.4. The minimum absolute atomic E-state index is 0.0209. The average molecular weight is 362 g/mol. The summed E-state index contributed by atoms with van der Waals surface area (Å²) in [6, 6.07) is 0. The van der Waals surface area contributed by atoms with Crippen molar-refractivity contribution in [2.45, 2.75) is 45.3 Å². The highest BCUT2D eigenvalue weighted by molar-refractivity contribution is 7.13. The van der Waals surface area contributed by atoms with Gasteiger partial charge in [0.2, 0.25) is 0 Å². The minimum Gasteiger partial charge on any atom is -0.390 e. The molecular weight excluding hydrogens is 334 g/mol. The van der Waals surface area contributed by atoms with Gasteiger partial charge in [-0.05, 0) is 18.8 Å². The molecule has 0 aromatic carbocycles. The summed E-state index contributed by atoms with van der Waals surface area (Å²) in [5.41, 5.74) is 3.43. The second-order valence-corrected chi connectivity index (χ2v) is 8.45. The molecular formula is C18H27N5OS. The first-order valence-electron chi connectivity index (χ1n) is 9.20. The van der Waals surface area contributed by atoms with Crippen LogP contribution in [-0.4, -0.2) is 51.1 Å². The summed E-state index contributed by atoms with van der Waals surface area (Å²) in [4.78, 5) is 17.7. The van der Waals surface area contributed by atoms with E-state index in [0.717, 1.165) is 56.3 Å². The van der Waals surface area contributed by atoms with Crippen LogP contribution in [0.3, 0.4) is 0 Å². The Morgan fingerprint density at radius 3 is 2.80 bits per heavy atom. The largest absolute Gasteiger partial charge is 0.390 e. The molecule has 4 heterocycles. The number of anilines is 1. The van der Waals surface area contributed by atoms with Crippen molar-refractivity contribution in [3.8, 4) is 0 Å². The molecule has 2 N–H and O–H groups in total. The predicted molar refractivity (Wildman–Crippen MR) is 99.9 cm³/mol. The molecule has 6 nitrogen and oxygen atoms in total. The first kappa shape index (κ1) is 17.0. The summed E-state index contributed by atoms with van der Waals surface area (Å²) in [6.45, 7) is 8.83.